The Morgan fingerprint density at radius 2 is 1.88 bits per heavy atom. The number of methoxy groups -OCH3 is 1. The van der Waals surface area contributed by atoms with Crippen LogP contribution >= 0.6 is 0 Å². The molecule has 1 fully saturated rings. The molecule has 0 amide bonds. The van der Waals surface area contributed by atoms with Crippen molar-refractivity contribution in [2.24, 2.45) is 5.92 Å². The zero-order valence-electron chi connectivity index (χ0n) is 15.4. The van der Waals surface area contributed by atoms with Crippen LogP contribution in [0.2, 0.25) is 0 Å². The molecule has 2 unspecified atom stereocenters. The molecule has 3 rings (SSSR count). The van der Waals surface area contributed by atoms with Gasteiger partial charge in [-0.3, -0.25) is 4.79 Å². The molecule has 0 bridgehead atoms. The van der Waals surface area contributed by atoms with E-state index in [-0.39, 0.29) is 11.3 Å². The third kappa shape index (κ3) is 3.69. The normalized spacial score (nSPS) is 19.8. The van der Waals surface area contributed by atoms with Gasteiger partial charge in [-0.25, -0.2) is 0 Å². The van der Waals surface area contributed by atoms with Gasteiger partial charge in [0.15, 0.2) is 6.29 Å². The van der Waals surface area contributed by atoms with E-state index in [1.165, 1.54) is 18.4 Å². The maximum atomic E-state index is 11.4. The van der Waals surface area contributed by atoms with Crippen molar-refractivity contribution in [1.82, 2.24) is 0 Å². The lowest BCUT2D eigenvalue weighted by Crippen LogP contribution is -2.24. The van der Waals surface area contributed by atoms with E-state index >= 15 is 0 Å². The summed E-state index contributed by atoms with van der Waals surface area (Å²) in [7, 11) is 1.71. The highest BCUT2D eigenvalue weighted by Crippen LogP contribution is 2.42. The Morgan fingerprint density at radius 3 is 2.65 bits per heavy atom. The SMILES string of the molecule is COc1ccccc1C1CCCCC1COc1ccc(C)c(O)c1C=O. The summed E-state index contributed by atoms with van der Waals surface area (Å²) >= 11 is 0. The first kappa shape index (κ1) is 18.3. The Hall–Kier alpha value is -2.49. The molecule has 0 radical (unpaired) electrons. The van der Waals surface area contributed by atoms with E-state index in [9.17, 15) is 9.90 Å². The number of carbonyl (C=O) groups excluding carboxylic acids is 1. The number of para-hydroxylation sites is 1. The van der Waals surface area contributed by atoms with E-state index in [1.807, 2.05) is 18.2 Å². The molecule has 1 N–H and O–H groups in total. The van der Waals surface area contributed by atoms with Gasteiger partial charge in [0.1, 0.15) is 17.2 Å². The highest BCUT2D eigenvalue weighted by molar-refractivity contribution is 5.84. The molecule has 0 heterocycles. The predicted molar refractivity (Wildman–Crippen MR) is 101 cm³/mol. The van der Waals surface area contributed by atoms with Crippen molar-refractivity contribution in [2.75, 3.05) is 13.7 Å². The van der Waals surface area contributed by atoms with Crippen LogP contribution in [-0.2, 0) is 0 Å². The van der Waals surface area contributed by atoms with Crippen molar-refractivity contribution < 1.29 is 19.4 Å². The van der Waals surface area contributed by atoms with E-state index in [4.69, 9.17) is 9.47 Å². The van der Waals surface area contributed by atoms with Crippen molar-refractivity contribution in [3.05, 3.63) is 53.1 Å². The molecule has 0 spiro atoms. The first-order valence-corrected chi connectivity index (χ1v) is 9.19. The van der Waals surface area contributed by atoms with Gasteiger partial charge in [0.25, 0.3) is 0 Å². The van der Waals surface area contributed by atoms with Gasteiger partial charge in [-0.15, -0.1) is 0 Å². The number of aryl methyl sites for hydroxylation is 1. The third-order valence-corrected chi connectivity index (χ3v) is 5.40. The number of hydrogen-bond donors (Lipinski definition) is 1. The van der Waals surface area contributed by atoms with E-state index in [2.05, 4.69) is 6.07 Å². The van der Waals surface area contributed by atoms with Crippen molar-refractivity contribution in [1.29, 1.82) is 0 Å². The average Bonchev–Trinajstić information content (AvgIpc) is 2.69. The predicted octanol–water partition coefficient (Wildman–Crippen LogP) is 4.87. The molecule has 2 aromatic carbocycles. The molecular formula is C22H26O4. The second-order valence-electron chi connectivity index (χ2n) is 6.96. The number of aromatic hydroxyl groups is 1. The summed E-state index contributed by atoms with van der Waals surface area (Å²) < 4.78 is 11.6. The molecule has 26 heavy (non-hydrogen) atoms. The molecule has 1 aliphatic carbocycles. The van der Waals surface area contributed by atoms with E-state index < -0.39 is 0 Å². The van der Waals surface area contributed by atoms with Crippen molar-refractivity contribution in [3.8, 4) is 17.2 Å². The first-order chi connectivity index (χ1) is 12.7. The molecule has 0 aliphatic heterocycles. The fraction of sp³-hybridized carbons (Fsp3) is 0.409. The summed E-state index contributed by atoms with van der Waals surface area (Å²) in [6.07, 6.45) is 5.23. The van der Waals surface area contributed by atoms with Gasteiger partial charge in [-0.1, -0.05) is 37.1 Å². The Bertz CT molecular complexity index is 769. The van der Waals surface area contributed by atoms with Crippen LogP contribution in [0.4, 0.5) is 0 Å². The van der Waals surface area contributed by atoms with Crippen LogP contribution in [0.3, 0.4) is 0 Å². The fourth-order valence-corrected chi connectivity index (χ4v) is 3.92. The molecule has 2 aromatic rings. The zero-order valence-corrected chi connectivity index (χ0v) is 15.4. The molecule has 0 saturated heterocycles. The largest absolute Gasteiger partial charge is 0.507 e. The lowest BCUT2D eigenvalue weighted by atomic mass is 9.75. The lowest BCUT2D eigenvalue weighted by molar-refractivity contribution is 0.111. The smallest absolute Gasteiger partial charge is 0.157 e. The Morgan fingerprint density at radius 1 is 1.12 bits per heavy atom. The number of carbonyl (C=O) groups is 1. The minimum atomic E-state index is 0.00224. The third-order valence-electron chi connectivity index (χ3n) is 5.40. The Kier molecular flexibility index (Phi) is 5.82. The van der Waals surface area contributed by atoms with Gasteiger partial charge in [0, 0.05) is 0 Å². The maximum absolute atomic E-state index is 11.4. The van der Waals surface area contributed by atoms with Crippen LogP contribution in [0.1, 0.15) is 53.1 Å². The van der Waals surface area contributed by atoms with Gasteiger partial charge in [0.2, 0.25) is 0 Å². The number of aldehydes is 1. The summed E-state index contributed by atoms with van der Waals surface area (Å²) in [6, 6.07) is 11.7. The van der Waals surface area contributed by atoms with E-state index in [0.717, 1.165) is 18.6 Å². The molecule has 2 atom stereocenters. The standard InChI is InChI=1S/C22H26O4/c1-15-11-12-21(19(13-23)22(15)24)26-14-16-7-3-4-8-17(16)18-9-5-6-10-20(18)25-2/h5-6,9-13,16-17,24H,3-4,7-8,14H2,1-2H3. The summed E-state index contributed by atoms with van der Waals surface area (Å²) in [5, 5.41) is 10.1. The molecule has 4 nitrogen and oxygen atoms in total. The summed E-state index contributed by atoms with van der Waals surface area (Å²) in [4.78, 5) is 11.4. The van der Waals surface area contributed by atoms with E-state index in [0.29, 0.717) is 36.0 Å². The minimum Gasteiger partial charge on any atom is -0.507 e. The number of rotatable bonds is 6. The maximum Gasteiger partial charge on any atom is 0.157 e. The van der Waals surface area contributed by atoms with Gasteiger partial charge >= 0.3 is 0 Å². The monoisotopic (exact) mass is 354 g/mol. The number of hydrogen-bond acceptors (Lipinski definition) is 4. The van der Waals surface area contributed by atoms with Crippen molar-refractivity contribution >= 4 is 6.29 Å². The topological polar surface area (TPSA) is 55.8 Å². The molecule has 138 valence electrons. The minimum absolute atomic E-state index is 0.00224. The molecule has 1 saturated carbocycles. The van der Waals surface area contributed by atoms with Crippen LogP contribution in [0.5, 0.6) is 17.2 Å². The quantitative estimate of drug-likeness (QED) is 0.752. The van der Waals surface area contributed by atoms with Crippen LogP contribution in [0, 0.1) is 12.8 Å². The fourth-order valence-electron chi connectivity index (χ4n) is 3.92. The zero-order chi connectivity index (χ0) is 18.5. The van der Waals surface area contributed by atoms with Crippen LogP contribution in [0.15, 0.2) is 36.4 Å². The number of ether oxygens (including phenoxy) is 2. The molecule has 0 aromatic heterocycles. The Balaban J connectivity index is 1.80. The Labute approximate surface area is 154 Å². The summed E-state index contributed by atoms with van der Waals surface area (Å²) in [6.45, 7) is 2.29. The molecule has 1 aliphatic rings. The average molecular weight is 354 g/mol. The number of phenolic OH excluding ortho intramolecular Hbond substituents is 1. The molecular weight excluding hydrogens is 328 g/mol. The van der Waals surface area contributed by atoms with Gasteiger partial charge in [-0.05, 0) is 54.9 Å². The first-order valence-electron chi connectivity index (χ1n) is 9.19. The van der Waals surface area contributed by atoms with E-state index in [1.54, 1.807) is 26.2 Å². The van der Waals surface area contributed by atoms with Crippen molar-refractivity contribution in [3.63, 3.8) is 0 Å². The second kappa shape index (κ2) is 8.26. The number of phenols is 1. The van der Waals surface area contributed by atoms with Gasteiger partial charge in [-0.2, -0.15) is 0 Å². The second-order valence-corrected chi connectivity index (χ2v) is 6.96. The molecule has 4 heteroatoms. The lowest BCUT2D eigenvalue weighted by Gasteiger charge is -2.32. The summed E-state index contributed by atoms with van der Waals surface area (Å²) in [5.41, 5.74) is 2.13. The number of benzene rings is 2. The van der Waals surface area contributed by atoms with Crippen molar-refractivity contribution in [2.45, 2.75) is 38.5 Å². The van der Waals surface area contributed by atoms with Crippen LogP contribution in [-0.4, -0.2) is 25.1 Å². The van der Waals surface area contributed by atoms with Crippen LogP contribution in [0.25, 0.3) is 0 Å². The highest BCUT2D eigenvalue weighted by Gasteiger charge is 2.29. The van der Waals surface area contributed by atoms with Gasteiger partial charge in [0.05, 0.1) is 19.3 Å². The van der Waals surface area contributed by atoms with Crippen LogP contribution < -0.4 is 9.47 Å². The van der Waals surface area contributed by atoms with Gasteiger partial charge < -0.3 is 14.6 Å². The highest BCUT2D eigenvalue weighted by atomic mass is 16.5. The summed E-state index contributed by atoms with van der Waals surface area (Å²) in [5.74, 6) is 2.10.